The highest BCUT2D eigenvalue weighted by Crippen LogP contribution is 2.23. The summed E-state index contributed by atoms with van der Waals surface area (Å²) < 4.78 is 0. The van der Waals surface area contributed by atoms with Crippen molar-refractivity contribution in [1.29, 1.82) is 0 Å². The number of likely N-dealkylation sites (tertiary alicyclic amines) is 1. The summed E-state index contributed by atoms with van der Waals surface area (Å²) in [4.78, 5) is 13.2. The van der Waals surface area contributed by atoms with Gasteiger partial charge >= 0.3 is 0 Å². The van der Waals surface area contributed by atoms with E-state index in [1.165, 1.54) is 5.56 Å². The molecule has 3 N–H and O–H groups in total. The number of β-amino-alcohol motifs (C(OH)–C–C–N with tert-alkyl or cyclic N) is 1. The number of hydrogen-bond donors (Lipinski definition) is 2. The third kappa shape index (κ3) is 2.65. The molecule has 0 aromatic heterocycles. The van der Waals surface area contributed by atoms with Crippen molar-refractivity contribution in [2.75, 3.05) is 13.1 Å². The highest BCUT2D eigenvalue weighted by atomic mass is 16.3. The Hall–Kier alpha value is -1.39. The Kier molecular flexibility index (Phi) is 2.93. The topological polar surface area (TPSA) is 66.6 Å². The van der Waals surface area contributed by atoms with Crippen molar-refractivity contribution >= 4 is 5.91 Å². The number of aliphatic hydroxyl groups is 1. The van der Waals surface area contributed by atoms with Gasteiger partial charge in [-0.3, -0.25) is 9.69 Å². The second-order valence-corrected chi connectivity index (χ2v) is 5.15. The van der Waals surface area contributed by atoms with Crippen molar-refractivity contribution in [1.82, 2.24) is 4.90 Å². The molecular formula is C13H18N2O2. The van der Waals surface area contributed by atoms with Crippen LogP contribution < -0.4 is 5.73 Å². The smallest absolute Gasteiger partial charge is 0.248 e. The summed E-state index contributed by atoms with van der Waals surface area (Å²) in [5, 5.41) is 9.64. The first-order chi connectivity index (χ1) is 7.87. The highest BCUT2D eigenvalue weighted by molar-refractivity contribution is 5.93. The summed E-state index contributed by atoms with van der Waals surface area (Å²) in [6.07, 6.45) is 0. The molecule has 17 heavy (non-hydrogen) atoms. The molecule has 0 unspecified atom stereocenters. The van der Waals surface area contributed by atoms with Gasteiger partial charge in [0.15, 0.2) is 0 Å². The Balaban J connectivity index is 2.05. The summed E-state index contributed by atoms with van der Waals surface area (Å²) in [5.41, 5.74) is 7.46. The van der Waals surface area contributed by atoms with E-state index in [9.17, 15) is 9.90 Å². The molecule has 1 aromatic carbocycles. The molecule has 92 valence electrons. The van der Waals surface area contributed by atoms with E-state index in [0.29, 0.717) is 18.7 Å². The highest BCUT2D eigenvalue weighted by Gasteiger charge is 2.36. The normalized spacial score (nSPS) is 18.8. The molecule has 1 aromatic rings. The Morgan fingerprint density at radius 2 is 2.18 bits per heavy atom. The van der Waals surface area contributed by atoms with Gasteiger partial charge in [-0.15, -0.1) is 0 Å². The Morgan fingerprint density at radius 1 is 1.53 bits per heavy atom. The fourth-order valence-electron chi connectivity index (χ4n) is 2.30. The van der Waals surface area contributed by atoms with Crippen LogP contribution >= 0.6 is 0 Å². The van der Waals surface area contributed by atoms with Crippen LogP contribution in [0.5, 0.6) is 0 Å². The number of benzene rings is 1. The van der Waals surface area contributed by atoms with Crippen LogP contribution in [0.25, 0.3) is 0 Å². The summed E-state index contributed by atoms with van der Waals surface area (Å²) in [5.74, 6) is -0.397. The van der Waals surface area contributed by atoms with Crippen LogP contribution in [0.4, 0.5) is 0 Å². The maximum absolute atomic E-state index is 11.0. The van der Waals surface area contributed by atoms with E-state index in [1.54, 1.807) is 6.07 Å². The second-order valence-electron chi connectivity index (χ2n) is 5.15. The lowest BCUT2D eigenvalue weighted by Crippen LogP contribution is -2.59. The summed E-state index contributed by atoms with van der Waals surface area (Å²) in [6.45, 7) is 6.02. The van der Waals surface area contributed by atoms with E-state index in [-0.39, 0.29) is 0 Å². The van der Waals surface area contributed by atoms with Gasteiger partial charge in [0.2, 0.25) is 5.91 Å². The van der Waals surface area contributed by atoms with Crippen molar-refractivity contribution in [3.63, 3.8) is 0 Å². The van der Waals surface area contributed by atoms with Crippen LogP contribution in [0.2, 0.25) is 0 Å². The molecule has 1 heterocycles. The number of carbonyl (C=O) groups excluding carboxylic acids is 1. The molecule has 1 aliphatic heterocycles. The van der Waals surface area contributed by atoms with Gasteiger partial charge in [-0.05, 0) is 37.1 Å². The standard InChI is InChI=1S/C13H18N2O2/c1-9-5-10(12(14)16)3-4-11(9)6-15-7-13(2,17)8-15/h3-5,17H,6-8H2,1-2H3,(H2,14,16). The van der Waals surface area contributed by atoms with Crippen molar-refractivity contribution in [2.45, 2.75) is 26.0 Å². The summed E-state index contributed by atoms with van der Waals surface area (Å²) in [7, 11) is 0. The molecule has 1 saturated heterocycles. The molecular weight excluding hydrogens is 216 g/mol. The zero-order valence-electron chi connectivity index (χ0n) is 10.2. The lowest BCUT2D eigenvalue weighted by molar-refractivity contribution is -0.0871. The van der Waals surface area contributed by atoms with E-state index in [1.807, 2.05) is 26.0 Å². The first-order valence-electron chi connectivity index (χ1n) is 5.71. The maximum Gasteiger partial charge on any atom is 0.248 e. The number of rotatable bonds is 3. The van der Waals surface area contributed by atoms with Crippen LogP contribution in [0.1, 0.15) is 28.4 Å². The predicted molar refractivity (Wildman–Crippen MR) is 65.6 cm³/mol. The molecule has 4 heteroatoms. The minimum atomic E-state index is -0.541. The number of nitrogens with zero attached hydrogens (tertiary/aromatic N) is 1. The zero-order chi connectivity index (χ0) is 12.6. The minimum Gasteiger partial charge on any atom is -0.388 e. The van der Waals surface area contributed by atoms with Crippen LogP contribution in [0, 0.1) is 6.92 Å². The SMILES string of the molecule is Cc1cc(C(N)=O)ccc1CN1CC(C)(O)C1. The fraction of sp³-hybridized carbons (Fsp3) is 0.462. The largest absolute Gasteiger partial charge is 0.388 e. The number of amides is 1. The van der Waals surface area contributed by atoms with Gasteiger partial charge in [-0.25, -0.2) is 0 Å². The van der Waals surface area contributed by atoms with Crippen LogP contribution in [-0.4, -0.2) is 34.6 Å². The summed E-state index contributed by atoms with van der Waals surface area (Å²) >= 11 is 0. The molecule has 0 atom stereocenters. The first-order valence-corrected chi connectivity index (χ1v) is 5.71. The molecule has 0 saturated carbocycles. The predicted octanol–water partition coefficient (Wildman–Crippen LogP) is 0.661. The fourth-order valence-corrected chi connectivity index (χ4v) is 2.30. The Morgan fingerprint density at radius 3 is 2.65 bits per heavy atom. The molecule has 2 rings (SSSR count). The van der Waals surface area contributed by atoms with Crippen molar-refractivity contribution in [3.8, 4) is 0 Å². The number of aryl methyl sites for hydroxylation is 1. The Labute approximate surface area is 101 Å². The monoisotopic (exact) mass is 234 g/mol. The molecule has 0 aliphatic carbocycles. The van der Waals surface area contributed by atoms with Gasteiger partial charge in [0.05, 0.1) is 5.60 Å². The average Bonchev–Trinajstić information content (AvgIpc) is 2.17. The third-order valence-electron chi connectivity index (χ3n) is 3.15. The number of hydrogen-bond acceptors (Lipinski definition) is 3. The van der Waals surface area contributed by atoms with Crippen molar-refractivity contribution < 1.29 is 9.90 Å². The van der Waals surface area contributed by atoms with E-state index < -0.39 is 11.5 Å². The van der Waals surface area contributed by atoms with Crippen LogP contribution in [0.3, 0.4) is 0 Å². The number of nitrogens with two attached hydrogens (primary N) is 1. The number of carbonyl (C=O) groups is 1. The Bertz CT molecular complexity index is 447. The molecule has 0 bridgehead atoms. The molecule has 1 amide bonds. The van der Waals surface area contributed by atoms with Crippen LogP contribution in [-0.2, 0) is 6.54 Å². The van der Waals surface area contributed by atoms with Crippen molar-refractivity contribution in [3.05, 3.63) is 34.9 Å². The molecule has 1 aliphatic rings. The lowest BCUT2D eigenvalue weighted by Gasteiger charge is -2.44. The van der Waals surface area contributed by atoms with Crippen LogP contribution in [0.15, 0.2) is 18.2 Å². The zero-order valence-corrected chi connectivity index (χ0v) is 10.2. The average molecular weight is 234 g/mol. The van der Waals surface area contributed by atoms with E-state index in [0.717, 1.165) is 12.1 Å². The van der Waals surface area contributed by atoms with E-state index >= 15 is 0 Å². The van der Waals surface area contributed by atoms with Gasteiger partial charge in [-0.1, -0.05) is 6.07 Å². The van der Waals surface area contributed by atoms with Gasteiger partial charge < -0.3 is 10.8 Å². The molecule has 0 spiro atoms. The molecule has 0 radical (unpaired) electrons. The quantitative estimate of drug-likeness (QED) is 0.807. The first kappa shape index (κ1) is 12.1. The maximum atomic E-state index is 11.0. The summed E-state index contributed by atoms with van der Waals surface area (Å²) in [6, 6.07) is 5.50. The van der Waals surface area contributed by atoms with Gasteiger partial charge in [0.25, 0.3) is 0 Å². The van der Waals surface area contributed by atoms with Gasteiger partial charge in [0, 0.05) is 25.2 Å². The second kappa shape index (κ2) is 4.13. The van der Waals surface area contributed by atoms with Gasteiger partial charge in [0.1, 0.15) is 0 Å². The third-order valence-corrected chi connectivity index (χ3v) is 3.15. The van der Waals surface area contributed by atoms with Crippen molar-refractivity contribution in [2.24, 2.45) is 5.73 Å². The van der Waals surface area contributed by atoms with E-state index in [2.05, 4.69) is 4.90 Å². The lowest BCUT2D eigenvalue weighted by atomic mass is 9.95. The van der Waals surface area contributed by atoms with E-state index in [4.69, 9.17) is 5.73 Å². The minimum absolute atomic E-state index is 0.397. The van der Waals surface area contributed by atoms with Gasteiger partial charge in [-0.2, -0.15) is 0 Å². The molecule has 1 fully saturated rings. The molecule has 4 nitrogen and oxygen atoms in total. The number of primary amides is 1.